The van der Waals surface area contributed by atoms with Gasteiger partial charge in [-0.05, 0) is 85.6 Å². The molecule has 4 aliphatic carbocycles. The Kier molecular flexibility index (Phi) is 4.39. The molecule has 1 heterocycles. The van der Waals surface area contributed by atoms with Gasteiger partial charge in [0.05, 0.1) is 5.69 Å². The number of hydrogen-bond donors (Lipinski definition) is 1. The molecule has 1 amide bonds. The second-order valence-electron chi connectivity index (χ2n) is 9.58. The van der Waals surface area contributed by atoms with Gasteiger partial charge in [0, 0.05) is 29.6 Å². The van der Waals surface area contributed by atoms with Gasteiger partial charge in [0.2, 0.25) is 5.91 Å². The fourth-order valence-corrected chi connectivity index (χ4v) is 6.91. The Hall–Kier alpha value is -2.07. The summed E-state index contributed by atoms with van der Waals surface area (Å²) in [4.78, 5) is 25.4. The van der Waals surface area contributed by atoms with Crippen LogP contribution in [0.3, 0.4) is 0 Å². The predicted molar refractivity (Wildman–Crippen MR) is 113 cm³/mol. The number of benzene rings is 1. The number of primary amides is 1. The van der Waals surface area contributed by atoms with Crippen molar-refractivity contribution in [2.45, 2.75) is 38.5 Å². The molecular weight excluding hydrogens is 384 g/mol. The van der Waals surface area contributed by atoms with Gasteiger partial charge < -0.3 is 10.3 Å². The van der Waals surface area contributed by atoms with Crippen LogP contribution in [0.5, 0.6) is 0 Å². The van der Waals surface area contributed by atoms with E-state index in [2.05, 4.69) is 0 Å². The van der Waals surface area contributed by atoms with Crippen LogP contribution in [0.1, 0.15) is 49.0 Å². The van der Waals surface area contributed by atoms with Crippen molar-refractivity contribution < 1.29 is 9.59 Å². The average molecular weight is 411 g/mol. The molecule has 5 heteroatoms. The number of aromatic nitrogens is 1. The summed E-state index contributed by atoms with van der Waals surface area (Å²) >= 11 is 6.00. The van der Waals surface area contributed by atoms with E-state index in [4.69, 9.17) is 17.3 Å². The van der Waals surface area contributed by atoms with Gasteiger partial charge in [-0.1, -0.05) is 23.7 Å². The molecule has 0 spiro atoms. The summed E-state index contributed by atoms with van der Waals surface area (Å²) < 4.78 is 1.99. The van der Waals surface area contributed by atoms with Gasteiger partial charge in [0.1, 0.15) is 0 Å². The van der Waals surface area contributed by atoms with E-state index in [0.717, 1.165) is 49.1 Å². The van der Waals surface area contributed by atoms with Crippen molar-refractivity contribution in [3.05, 3.63) is 47.1 Å². The molecule has 2 unspecified atom stereocenters. The van der Waals surface area contributed by atoms with Crippen molar-refractivity contribution in [1.29, 1.82) is 0 Å². The molecule has 1 aromatic carbocycles. The Morgan fingerprint density at radius 1 is 1.07 bits per heavy atom. The van der Waals surface area contributed by atoms with E-state index in [1.165, 1.54) is 0 Å². The maximum absolute atomic E-state index is 13.2. The zero-order chi connectivity index (χ0) is 20.3. The van der Waals surface area contributed by atoms with Crippen molar-refractivity contribution in [3.63, 3.8) is 0 Å². The van der Waals surface area contributed by atoms with Crippen molar-refractivity contribution in [2.75, 3.05) is 0 Å². The summed E-state index contributed by atoms with van der Waals surface area (Å²) in [5.74, 6) is 2.04. The summed E-state index contributed by atoms with van der Waals surface area (Å²) in [7, 11) is 1.95. The Morgan fingerprint density at radius 2 is 1.72 bits per heavy atom. The van der Waals surface area contributed by atoms with Crippen LogP contribution in [0.15, 0.2) is 36.4 Å². The Morgan fingerprint density at radius 3 is 2.34 bits per heavy atom. The number of Topliss-reactive ketones (excluding diaryl/α,β-unsaturated/α-hetero) is 1. The monoisotopic (exact) mass is 410 g/mol. The maximum atomic E-state index is 13.2. The second-order valence-corrected chi connectivity index (χ2v) is 10.0. The molecule has 4 saturated carbocycles. The molecule has 0 aliphatic heterocycles. The molecule has 4 nitrogen and oxygen atoms in total. The molecule has 1 aromatic heterocycles. The fraction of sp³-hybridized carbons (Fsp3) is 0.500. The van der Waals surface area contributed by atoms with Crippen molar-refractivity contribution in [2.24, 2.45) is 41.9 Å². The SMILES string of the molecule is Cn1c(C(=O)CC2C3CC4CC2CC(C(N)=O)(C4)C3)ccc1-c1ccc(Cl)cc1. The van der Waals surface area contributed by atoms with E-state index in [0.29, 0.717) is 35.1 Å². The largest absolute Gasteiger partial charge is 0.369 e. The number of halogens is 1. The van der Waals surface area contributed by atoms with Crippen LogP contribution in [0.2, 0.25) is 5.02 Å². The lowest BCUT2D eigenvalue weighted by Crippen LogP contribution is -2.56. The third kappa shape index (κ3) is 3.04. The molecule has 4 fully saturated rings. The van der Waals surface area contributed by atoms with E-state index in [1.54, 1.807) is 0 Å². The van der Waals surface area contributed by atoms with Gasteiger partial charge in [-0.2, -0.15) is 0 Å². The highest BCUT2D eigenvalue weighted by atomic mass is 35.5. The number of ketones is 1. The highest BCUT2D eigenvalue weighted by Gasteiger charge is 2.57. The lowest BCUT2D eigenvalue weighted by Gasteiger charge is -2.59. The number of rotatable bonds is 5. The smallest absolute Gasteiger partial charge is 0.223 e. The van der Waals surface area contributed by atoms with Crippen LogP contribution in [-0.2, 0) is 11.8 Å². The lowest BCUT2D eigenvalue weighted by atomic mass is 9.45. The number of carbonyl (C=O) groups excluding carboxylic acids is 2. The maximum Gasteiger partial charge on any atom is 0.223 e. The standard InChI is InChI=1S/C24H27ClN2O2/c1-27-20(15-2-4-18(25)5-3-15)6-7-21(27)22(28)10-19-16-8-14-9-17(19)13-24(11-14,12-16)23(26)29/h2-7,14,16-17,19H,8-13H2,1H3,(H2,26,29). The van der Waals surface area contributed by atoms with E-state index in [-0.39, 0.29) is 17.1 Å². The lowest BCUT2D eigenvalue weighted by molar-refractivity contribution is -0.149. The van der Waals surface area contributed by atoms with Crippen LogP contribution >= 0.6 is 11.6 Å². The zero-order valence-corrected chi connectivity index (χ0v) is 17.5. The van der Waals surface area contributed by atoms with Gasteiger partial charge in [0.25, 0.3) is 0 Å². The molecule has 0 radical (unpaired) electrons. The summed E-state index contributed by atoms with van der Waals surface area (Å²) in [6.45, 7) is 0. The molecule has 4 bridgehead atoms. The molecule has 2 N–H and O–H groups in total. The molecule has 2 aromatic rings. The van der Waals surface area contributed by atoms with Crippen LogP contribution in [0.4, 0.5) is 0 Å². The third-order valence-electron chi connectivity index (χ3n) is 7.96. The Balaban J connectivity index is 1.36. The van der Waals surface area contributed by atoms with E-state index in [9.17, 15) is 9.59 Å². The van der Waals surface area contributed by atoms with Crippen molar-refractivity contribution >= 4 is 23.3 Å². The topological polar surface area (TPSA) is 65.1 Å². The molecular formula is C24H27ClN2O2. The molecule has 2 atom stereocenters. The average Bonchev–Trinajstić information content (AvgIpc) is 3.06. The van der Waals surface area contributed by atoms with Gasteiger partial charge in [0.15, 0.2) is 5.78 Å². The number of carbonyl (C=O) groups is 2. The van der Waals surface area contributed by atoms with Crippen LogP contribution < -0.4 is 5.73 Å². The molecule has 29 heavy (non-hydrogen) atoms. The zero-order valence-electron chi connectivity index (χ0n) is 16.7. The number of hydrogen-bond acceptors (Lipinski definition) is 2. The molecule has 6 rings (SSSR count). The first-order chi connectivity index (χ1) is 13.9. The van der Waals surface area contributed by atoms with Gasteiger partial charge in [-0.25, -0.2) is 0 Å². The van der Waals surface area contributed by atoms with Crippen LogP contribution in [0.25, 0.3) is 11.3 Å². The van der Waals surface area contributed by atoms with E-state index >= 15 is 0 Å². The predicted octanol–water partition coefficient (Wildman–Crippen LogP) is 4.85. The summed E-state index contributed by atoms with van der Waals surface area (Å²) in [6.07, 6.45) is 5.64. The Labute approximate surface area is 176 Å². The first-order valence-electron chi connectivity index (χ1n) is 10.6. The highest BCUT2D eigenvalue weighted by molar-refractivity contribution is 6.30. The minimum absolute atomic E-state index is 0.114. The van der Waals surface area contributed by atoms with Crippen molar-refractivity contribution in [1.82, 2.24) is 4.57 Å². The van der Waals surface area contributed by atoms with E-state index in [1.807, 2.05) is 48.0 Å². The first kappa shape index (κ1) is 18.9. The number of nitrogens with two attached hydrogens (primary N) is 1. The van der Waals surface area contributed by atoms with Gasteiger partial charge in [-0.15, -0.1) is 0 Å². The minimum atomic E-state index is -0.289. The third-order valence-corrected chi connectivity index (χ3v) is 8.21. The highest BCUT2D eigenvalue weighted by Crippen LogP contribution is 2.62. The van der Waals surface area contributed by atoms with Crippen LogP contribution in [0, 0.1) is 29.1 Å². The molecule has 0 saturated heterocycles. The fourth-order valence-electron chi connectivity index (χ4n) is 6.78. The number of nitrogens with zero attached hydrogens (tertiary/aromatic N) is 1. The van der Waals surface area contributed by atoms with Crippen molar-refractivity contribution in [3.8, 4) is 11.3 Å². The second kappa shape index (κ2) is 6.73. The Bertz CT molecular complexity index is 961. The molecule has 4 aliphatic rings. The van der Waals surface area contributed by atoms with Gasteiger partial charge >= 0.3 is 0 Å². The van der Waals surface area contributed by atoms with E-state index < -0.39 is 0 Å². The van der Waals surface area contributed by atoms with Crippen LogP contribution in [-0.4, -0.2) is 16.3 Å². The molecule has 152 valence electrons. The number of amides is 1. The quantitative estimate of drug-likeness (QED) is 0.716. The minimum Gasteiger partial charge on any atom is -0.369 e. The summed E-state index contributed by atoms with van der Waals surface area (Å²) in [5.41, 5.74) is 8.33. The first-order valence-corrected chi connectivity index (χ1v) is 11.0. The normalized spacial score (nSPS) is 32.5. The van der Waals surface area contributed by atoms with Gasteiger partial charge in [-0.3, -0.25) is 9.59 Å². The summed E-state index contributed by atoms with van der Waals surface area (Å²) in [5, 5.41) is 0.704. The summed E-state index contributed by atoms with van der Waals surface area (Å²) in [6, 6.07) is 11.6.